The Hall–Kier alpha value is -1.18. The van der Waals surface area contributed by atoms with Gasteiger partial charge in [0.25, 0.3) is 0 Å². The molecule has 0 radical (unpaired) electrons. The summed E-state index contributed by atoms with van der Waals surface area (Å²) in [5, 5.41) is 9.98. The van der Waals surface area contributed by atoms with Crippen LogP contribution in [0.4, 0.5) is 0 Å². The number of benzene rings is 1. The van der Waals surface area contributed by atoms with Crippen molar-refractivity contribution in [2.24, 2.45) is 0 Å². The molecule has 15 heavy (non-hydrogen) atoms. The molecule has 0 unspecified atom stereocenters. The normalized spacial score (nSPS) is 18.1. The molecule has 0 atom stereocenters. The van der Waals surface area contributed by atoms with Crippen LogP contribution in [0.5, 0.6) is 11.5 Å². The third kappa shape index (κ3) is 1.69. The lowest BCUT2D eigenvalue weighted by Gasteiger charge is -2.34. The number of phenols is 1. The van der Waals surface area contributed by atoms with Crippen molar-refractivity contribution in [2.45, 2.75) is 46.1 Å². The largest absolute Gasteiger partial charge is 0.504 e. The minimum atomic E-state index is -0.162. The summed E-state index contributed by atoms with van der Waals surface area (Å²) >= 11 is 0. The second-order valence-electron chi connectivity index (χ2n) is 5.03. The first kappa shape index (κ1) is 10.3. The molecule has 2 rings (SSSR count). The summed E-state index contributed by atoms with van der Waals surface area (Å²) in [6.45, 7) is 8.11. The summed E-state index contributed by atoms with van der Waals surface area (Å²) in [6, 6.07) is 2.02. The molecular weight excluding hydrogens is 188 g/mol. The van der Waals surface area contributed by atoms with Gasteiger partial charge in [0.15, 0.2) is 11.5 Å². The minimum Gasteiger partial charge on any atom is -0.504 e. The van der Waals surface area contributed by atoms with Crippen LogP contribution in [0.1, 0.15) is 37.0 Å². The first-order valence-corrected chi connectivity index (χ1v) is 5.42. The summed E-state index contributed by atoms with van der Waals surface area (Å²) in [4.78, 5) is 0. The van der Waals surface area contributed by atoms with Gasteiger partial charge in [0.1, 0.15) is 5.60 Å². The van der Waals surface area contributed by atoms with Gasteiger partial charge in [0.05, 0.1) is 0 Å². The van der Waals surface area contributed by atoms with E-state index in [1.54, 1.807) is 0 Å². The smallest absolute Gasteiger partial charge is 0.165 e. The third-order valence-corrected chi connectivity index (χ3v) is 3.13. The summed E-state index contributed by atoms with van der Waals surface area (Å²) in [6.07, 6.45) is 1.99. The highest BCUT2D eigenvalue weighted by atomic mass is 16.5. The number of hydrogen-bond acceptors (Lipinski definition) is 2. The van der Waals surface area contributed by atoms with E-state index in [1.165, 1.54) is 5.56 Å². The average molecular weight is 206 g/mol. The monoisotopic (exact) mass is 206 g/mol. The van der Waals surface area contributed by atoms with Crippen molar-refractivity contribution in [3.05, 3.63) is 22.8 Å². The van der Waals surface area contributed by atoms with E-state index in [0.717, 1.165) is 24.0 Å². The maximum absolute atomic E-state index is 9.98. The van der Waals surface area contributed by atoms with Crippen LogP contribution in [-0.2, 0) is 6.42 Å². The molecule has 0 spiro atoms. The molecule has 2 nitrogen and oxygen atoms in total. The topological polar surface area (TPSA) is 29.5 Å². The standard InChI is InChI=1S/C13H18O2/c1-8-7-9(2)11(14)12-10(8)5-6-13(3,4)15-12/h7,14H,5-6H2,1-4H3. The molecule has 0 fully saturated rings. The van der Waals surface area contributed by atoms with Gasteiger partial charge in [-0.15, -0.1) is 0 Å². The molecule has 0 saturated heterocycles. The number of aromatic hydroxyl groups is 1. The van der Waals surface area contributed by atoms with Gasteiger partial charge in [0.2, 0.25) is 0 Å². The highest BCUT2D eigenvalue weighted by Gasteiger charge is 2.30. The lowest BCUT2D eigenvalue weighted by molar-refractivity contribution is 0.0802. The first-order valence-electron chi connectivity index (χ1n) is 5.42. The Morgan fingerprint density at radius 3 is 2.60 bits per heavy atom. The Kier molecular flexibility index (Phi) is 2.18. The van der Waals surface area contributed by atoms with Gasteiger partial charge in [0, 0.05) is 5.56 Å². The molecule has 82 valence electrons. The molecule has 0 saturated carbocycles. The van der Waals surface area contributed by atoms with Gasteiger partial charge >= 0.3 is 0 Å². The van der Waals surface area contributed by atoms with Crippen LogP contribution < -0.4 is 4.74 Å². The maximum Gasteiger partial charge on any atom is 0.165 e. The van der Waals surface area contributed by atoms with E-state index in [4.69, 9.17) is 4.74 Å². The summed E-state index contributed by atoms with van der Waals surface area (Å²) in [5.41, 5.74) is 3.11. The summed E-state index contributed by atoms with van der Waals surface area (Å²) in [5.74, 6) is 1.01. The Labute approximate surface area is 90.9 Å². The molecule has 1 heterocycles. The second-order valence-corrected chi connectivity index (χ2v) is 5.03. The van der Waals surface area contributed by atoms with Crippen LogP contribution in [-0.4, -0.2) is 10.7 Å². The van der Waals surface area contributed by atoms with Crippen LogP contribution in [0, 0.1) is 13.8 Å². The van der Waals surface area contributed by atoms with Gasteiger partial charge in [-0.05, 0) is 51.7 Å². The first-order chi connectivity index (χ1) is 6.91. The van der Waals surface area contributed by atoms with Crippen LogP contribution in [0.3, 0.4) is 0 Å². The van der Waals surface area contributed by atoms with Gasteiger partial charge in [-0.25, -0.2) is 0 Å². The third-order valence-electron chi connectivity index (χ3n) is 3.13. The minimum absolute atomic E-state index is 0.162. The maximum atomic E-state index is 9.98. The van der Waals surface area contributed by atoms with Gasteiger partial charge in [-0.2, -0.15) is 0 Å². The van der Waals surface area contributed by atoms with E-state index in [-0.39, 0.29) is 5.60 Å². The van der Waals surface area contributed by atoms with Crippen LogP contribution in [0.2, 0.25) is 0 Å². The van der Waals surface area contributed by atoms with Gasteiger partial charge in [-0.1, -0.05) is 6.07 Å². The molecule has 1 aliphatic heterocycles. The lowest BCUT2D eigenvalue weighted by atomic mass is 9.90. The summed E-state index contributed by atoms with van der Waals surface area (Å²) in [7, 11) is 0. The van der Waals surface area contributed by atoms with Gasteiger partial charge < -0.3 is 9.84 Å². The van der Waals surface area contributed by atoms with E-state index in [1.807, 2.05) is 13.0 Å². The fourth-order valence-electron chi connectivity index (χ4n) is 2.16. The highest BCUT2D eigenvalue weighted by molar-refractivity contribution is 5.55. The SMILES string of the molecule is Cc1cc(C)c2c(c1O)OC(C)(C)CC2. The van der Waals surface area contributed by atoms with E-state index >= 15 is 0 Å². The number of aryl methyl sites for hydroxylation is 2. The molecule has 1 aromatic rings. The van der Waals surface area contributed by atoms with Crippen molar-refractivity contribution in [1.29, 1.82) is 0 Å². The number of phenolic OH excluding ortho intramolecular Hbond substituents is 1. The van der Waals surface area contributed by atoms with E-state index in [0.29, 0.717) is 11.5 Å². The zero-order chi connectivity index (χ0) is 11.2. The fourth-order valence-corrected chi connectivity index (χ4v) is 2.16. The van der Waals surface area contributed by atoms with Crippen molar-refractivity contribution in [2.75, 3.05) is 0 Å². The van der Waals surface area contributed by atoms with Crippen LogP contribution in [0.15, 0.2) is 6.07 Å². The number of rotatable bonds is 0. The summed E-state index contributed by atoms with van der Waals surface area (Å²) < 4.78 is 5.86. The molecule has 0 aliphatic carbocycles. The zero-order valence-corrected chi connectivity index (χ0v) is 9.85. The van der Waals surface area contributed by atoms with Gasteiger partial charge in [-0.3, -0.25) is 0 Å². The van der Waals surface area contributed by atoms with Crippen molar-refractivity contribution in [1.82, 2.24) is 0 Å². The predicted octanol–water partition coefficient (Wildman–Crippen LogP) is 3.11. The predicted molar refractivity (Wildman–Crippen MR) is 60.6 cm³/mol. The van der Waals surface area contributed by atoms with E-state index in [2.05, 4.69) is 20.8 Å². The van der Waals surface area contributed by atoms with E-state index in [9.17, 15) is 5.11 Å². The Bertz CT molecular complexity index is 405. The van der Waals surface area contributed by atoms with E-state index < -0.39 is 0 Å². The molecule has 1 aliphatic rings. The zero-order valence-electron chi connectivity index (χ0n) is 9.85. The van der Waals surface area contributed by atoms with Crippen molar-refractivity contribution in [3.63, 3.8) is 0 Å². The van der Waals surface area contributed by atoms with Crippen molar-refractivity contribution in [3.8, 4) is 11.5 Å². The number of ether oxygens (including phenoxy) is 1. The average Bonchev–Trinajstić information content (AvgIpc) is 2.13. The lowest BCUT2D eigenvalue weighted by Crippen LogP contribution is -2.33. The number of hydrogen-bond donors (Lipinski definition) is 1. The highest BCUT2D eigenvalue weighted by Crippen LogP contribution is 2.42. The van der Waals surface area contributed by atoms with Crippen LogP contribution in [0.25, 0.3) is 0 Å². The van der Waals surface area contributed by atoms with Crippen molar-refractivity contribution >= 4 is 0 Å². The fraction of sp³-hybridized carbons (Fsp3) is 0.538. The molecule has 0 aromatic heterocycles. The molecular formula is C13H18O2. The Morgan fingerprint density at radius 2 is 1.93 bits per heavy atom. The molecule has 0 amide bonds. The molecule has 2 heteroatoms. The Morgan fingerprint density at radius 1 is 1.27 bits per heavy atom. The Balaban J connectivity index is 2.58. The molecule has 0 bridgehead atoms. The molecule has 1 N–H and O–H groups in total. The molecule has 1 aromatic carbocycles. The van der Waals surface area contributed by atoms with Crippen molar-refractivity contribution < 1.29 is 9.84 Å². The van der Waals surface area contributed by atoms with Crippen LogP contribution >= 0.6 is 0 Å². The quantitative estimate of drug-likeness (QED) is 0.706. The second kappa shape index (κ2) is 3.16. The number of fused-ring (bicyclic) bond motifs is 1.